The number of aryl methyl sites for hydroxylation is 1. The van der Waals surface area contributed by atoms with Crippen LogP contribution in [0.15, 0.2) is 29.2 Å². The second-order valence-electron chi connectivity index (χ2n) is 3.17. The third-order valence-corrected chi connectivity index (χ3v) is 3.31. The predicted molar refractivity (Wildman–Crippen MR) is 58.8 cm³/mol. The van der Waals surface area contributed by atoms with Crippen LogP contribution >= 0.6 is 11.8 Å². The van der Waals surface area contributed by atoms with E-state index in [4.69, 9.17) is 5.11 Å². The highest BCUT2D eigenvalue weighted by molar-refractivity contribution is 8.00. The van der Waals surface area contributed by atoms with Crippen LogP contribution in [0.25, 0.3) is 0 Å². The highest BCUT2D eigenvalue weighted by atomic mass is 32.2. The van der Waals surface area contributed by atoms with Crippen molar-refractivity contribution in [3.05, 3.63) is 29.8 Å². The molecule has 0 aromatic heterocycles. The molecule has 0 aliphatic rings. The van der Waals surface area contributed by atoms with E-state index in [9.17, 15) is 4.79 Å². The third-order valence-electron chi connectivity index (χ3n) is 1.95. The van der Waals surface area contributed by atoms with E-state index in [0.717, 1.165) is 4.90 Å². The fraction of sp³-hybridized carbons (Fsp3) is 0.364. The second kappa shape index (κ2) is 5.05. The van der Waals surface area contributed by atoms with Crippen LogP contribution in [0.1, 0.15) is 18.9 Å². The maximum Gasteiger partial charge on any atom is 0.316 e. The van der Waals surface area contributed by atoms with Gasteiger partial charge in [0.1, 0.15) is 5.25 Å². The van der Waals surface area contributed by atoms with Gasteiger partial charge >= 0.3 is 5.97 Å². The molecule has 0 bridgehead atoms. The summed E-state index contributed by atoms with van der Waals surface area (Å²) >= 11 is 1.41. The van der Waals surface area contributed by atoms with Crippen molar-refractivity contribution in [2.24, 2.45) is 0 Å². The molecule has 1 rings (SSSR count). The van der Waals surface area contributed by atoms with Gasteiger partial charge in [0, 0.05) is 4.90 Å². The fourth-order valence-electron chi connectivity index (χ4n) is 1.09. The summed E-state index contributed by atoms with van der Waals surface area (Å²) in [5.41, 5.74) is 1.19. The zero-order valence-electron chi connectivity index (χ0n) is 8.36. The molecule has 0 heterocycles. The minimum Gasteiger partial charge on any atom is -0.480 e. The molecule has 2 nitrogen and oxygen atoms in total. The first kappa shape index (κ1) is 11.1. The molecular formula is C11H14O2S. The number of hydrogen-bond donors (Lipinski definition) is 1. The number of benzene rings is 1. The molecule has 1 aromatic rings. The lowest BCUT2D eigenvalue weighted by Gasteiger charge is -2.08. The first-order valence-corrected chi connectivity index (χ1v) is 5.47. The van der Waals surface area contributed by atoms with Crippen molar-refractivity contribution in [1.29, 1.82) is 0 Å². The number of carboxylic acid groups (broad SMARTS) is 1. The van der Waals surface area contributed by atoms with Gasteiger partial charge in [0.2, 0.25) is 0 Å². The van der Waals surface area contributed by atoms with Gasteiger partial charge in [0.25, 0.3) is 0 Å². The Kier molecular flexibility index (Phi) is 4.01. The van der Waals surface area contributed by atoms with Gasteiger partial charge in [0.05, 0.1) is 0 Å². The van der Waals surface area contributed by atoms with Crippen molar-refractivity contribution in [3.63, 3.8) is 0 Å². The average molecular weight is 210 g/mol. The first-order valence-electron chi connectivity index (χ1n) is 4.59. The SMILES string of the molecule is CCC(Sc1ccc(C)cc1)C(=O)O. The van der Waals surface area contributed by atoms with E-state index in [2.05, 4.69) is 0 Å². The molecule has 0 saturated heterocycles. The normalized spacial score (nSPS) is 12.4. The van der Waals surface area contributed by atoms with Crippen molar-refractivity contribution in [2.75, 3.05) is 0 Å². The number of carboxylic acids is 1. The maximum atomic E-state index is 10.8. The molecule has 0 aliphatic heterocycles. The van der Waals surface area contributed by atoms with Gasteiger partial charge < -0.3 is 5.11 Å². The molecule has 0 radical (unpaired) electrons. The van der Waals surface area contributed by atoms with Crippen LogP contribution in [0.5, 0.6) is 0 Å². The minimum atomic E-state index is -0.738. The standard InChI is InChI=1S/C11H14O2S/c1-3-10(11(12)13)14-9-6-4-8(2)5-7-9/h4-7,10H,3H2,1-2H3,(H,12,13). The zero-order valence-corrected chi connectivity index (χ0v) is 9.17. The van der Waals surface area contributed by atoms with Crippen molar-refractivity contribution < 1.29 is 9.90 Å². The Morgan fingerprint density at radius 3 is 2.43 bits per heavy atom. The molecule has 0 saturated carbocycles. The van der Waals surface area contributed by atoms with E-state index < -0.39 is 5.97 Å². The van der Waals surface area contributed by atoms with Gasteiger partial charge in [0.15, 0.2) is 0 Å². The Morgan fingerprint density at radius 2 is 2.00 bits per heavy atom. The van der Waals surface area contributed by atoms with Gasteiger partial charge in [-0.25, -0.2) is 0 Å². The highest BCUT2D eigenvalue weighted by Crippen LogP contribution is 2.25. The highest BCUT2D eigenvalue weighted by Gasteiger charge is 2.15. The van der Waals surface area contributed by atoms with Crippen LogP contribution in [-0.2, 0) is 4.79 Å². The number of thioether (sulfide) groups is 1. The van der Waals surface area contributed by atoms with E-state index in [1.54, 1.807) is 0 Å². The average Bonchev–Trinajstić information content (AvgIpc) is 2.16. The minimum absolute atomic E-state index is 0.335. The zero-order chi connectivity index (χ0) is 10.6. The quantitative estimate of drug-likeness (QED) is 0.776. The summed E-state index contributed by atoms with van der Waals surface area (Å²) in [6.45, 7) is 3.91. The molecule has 1 unspecified atom stereocenters. The Morgan fingerprint density at radius 1 is 1.43 bits per heavy atom. The van der Waals surface area contributed by atoms with Crippen molar-refractivity contribution in [3.8, 4) is 0 Å². The number of aliphatic carboxylic acids is 1. The predicted octanol–water partition coefficient (Wildman–Crippen LogP) is 2.95. The monoisotopic (exact) mass is 210 g/mol. The summed E-state index contributed by atoms with van der Waals surface area (Å²) in [4.78, 5) is 11.8. The summed E-state index contributed by atoms with van der Waals surface area (Å²) in [5, 5.41) is 8.53. The summed E-state index contributed by atoms with van der Waals surface area (Å²) in [5.74, 6) is -0.738. The van der Waals surface area contributed by atoms with Crippen LogP contribution in [0, 0.1) is 6.92 Å². The fourth-order valence-corrected chi connectivity index (χ4v) is 1.98. The smallest absolute Gasteiger partial charge is 0.316 e. The topological polar surface area (TPSA) is 37.3 Å². The molecule has 1 aromatic carbocycles. The molecule has 1 atom stereocenters. The second-order valence-corrected chi connectivity index (χ2v) is 4.44. The van der Waals surface area contributed by atoms with E-state index in [-0.39, 0.29) is 5.25 Å². The summed E-state index contributed by atoms with van der Waals surface area (Å²) in [7, 11) is 0. The van der Waals surface area contributed by atoms with Crippen molar-refractivity contribution in [2.45, 2.75) is 30.4 Å². The molecule has 0 fully saturated rings. The molecule has 76 valence electrons. The van der Waals surface area contributed by atoms with Crippen LogP contribution < -0.4 is 0 Å². The number of hydrogen-bond acceptors (Lipinski definition) is 2. The van der Waals surface area contributed by atoms with Gasteiger partial charge in [-0.1, -0.05) is 24.6 Å². The largest absolute Gasteiger partial charge is 0.480 e. The van der Waals surface area contributed by atoms with E-state index in [1.165, 1.54) is 17.3 Å². The molecular weight excluding hydrogens is 196 g/mol. The first-order chi connectivity index (χ1) is 6.63. The lowest BCUT2D eigenvalue weighted by molar-refractivity contribution is -0.136. The Bertz CT molecular complexity index is 306. The third kappa shape index (κ3) is 3.07. The lowest BCUT2D eigenvalue weighted by atomic mass is 10.2. The van der Waals surface area contributed by atoms with Crippen LogP contribution in [0.2, 0.25) is 0 Å². The molecule has 1 N–H and O–H groups in total. The van der Waals surface area contributed by atoms with Crippen LogP contribution in [0.4, 0.5) is 0 Å². The summed E-state index contributed by atoms with van der Waals surface area (Å²) in [6.07, 6.45) is 0.647. The van der Waals surface area contributed by atoms with E-state index in [0.29, 0.717) is 6.42 Å². The van der Waals surface area contributed by atoms with E-state index in [1.807, 2.05) is 38.1 Å². The van der Waals surface area contributed by atoms with Gasteiger partial charge in [-0.3, -0.25) is 4.79 Å². The number of rotatable bonds is 4. The van der Waals surface area contributed by atoms with Crippen molar-refractivity contribution >= 4 is 17.7 Å². The maximum absolute atomic E-state index is 10.8. The van der Waals surface area contributed by atoms with Crippen molar-refractivity contribution in [1.82, 2.24) is 0 Å². The molecule has 0 spiro atoms. The van der Waals surface area contributed by atoms with E-state index >= 15 is 0 Å². The van der Waals surface area contributed by atoms with Gasteiger partial charge in [-0.2, -0.15) is 0 Å². The van der Waals surface area contributed by atoms with Gasteiger partial charge in [-0.05, 0) is 25.5 Å². The lowest BCUT2D eigenvalue weighted by Crippen LogP contribution is -2.14. The van der Waals surface area contributed by atoms with Gasteiger partial charge in [-0.15, -0.1) is 11.8 Å². The number of carbonyl (C=O) groups is 1. The Balaban J connectivity index is 2.67. The summed E-state index contributed by atoms with van der Waals surface area (Å²) < 4.78 is 0. The Hall–Kier alpha value is -0.960. The molecule has 0 amide bonds. The van der Waals surface area contributed by atoms with Crippen LogP contribution in [0.3, 0.4) is 0 Å². The van der Waals surface area contributed by atoms with Crippen LogP contribution in [-0.4, -0.2) is 16.3 Å². The molecule has 14 heavy (non-hydrogen) atoms. The molecule has 0 aliphatic carbocycles. The summed E-state index contributed by atoms with van der Waals surface area (Å²) in [6, 6.07) is 7.92. The Labute approximate surface area is 88.3 Å². The molecule has 3 heteroatoms.